The Kier molecular flexibility index (Phi) is 6.43. The first kappa shape index (κ1) is 22.1. The van der Waals surface area contributed by atoms with Gasteiger partial charge in [-0.05, 0) is 48.9 Å². The molecular weight excluding hydrogens is 408 g/mol. The third-order valence-electron chi connectivity index (χ3n) is 7.47. The fourth-order valence-corrected chi connectivity index (χ4v) is 5.41. The topological polar surface area (TPSA) is 71.2 Å². The number of pyridine rings is 1. The molecule has 1 amide bonds. The average Bonchev–Trinajstić information content (AvgIpc) is 2.86. The molecule has 1 saturated heterocycles. The van der Waals surface area contributed by atoms with Crippen molar-refractivity contribution in [2.24, 2.45) is 5.73 Å². The molecule has 0 unspecified atom stereocenters. The van der Waals surface area contributed by atoms with Crippen LogP contribution >= 0.6 is 0 Å². The summed E-state index contributed by atoms with van der Waals surface area (Å²) in [6, 6.07) is 20.9. The predicted molar refractivity (Wildman–Crippen MR) is 133 cm³/mol. The van der Waals surface area contributed by atoms with E-state index in [0.717, 1.165) is 56.2 Å². The fourth-order valence-electron chi connectivity index (χ4n) is 5.41. The summed E-state index contributed by atoms with van der Waals surface area (Å²) < 4.78 is 0. The zero-order valence-corrected chi connectivity index (χ0v) is 19.3. The normalized spacial score (nSPS) is 19.4. The molecule has 172 valence electrons. The first-order valence-electron chi connectivity index (χ1n) is 12.4. The summed E-state index contributed by atoms with van der Waals surface area (Å²) in [6.07, 6.45) is 7.66. The second-order valence-corrected chi connectivity index (χ2v) is 9.79. The molecule has 2 aromatic carbocycles. The molecule has 1 aromatic heterocycles. The van der Waals surface area contributed by atoms with Gasteiger partial charge in [0.2, 0.25) is 0 Å². The summed E-state index contributed by atoms with van der Waals surface area (Å²) in [4.78, 5) is 20.2. The molecular formula is C28H34N4O. The van der Waals surface area contributed by atoms with Gasteiger partial charge in [0.1, 0.15) is 5.69 Å². The van der Waals surface area contributed by atoms with E-state index in [2.05, 4.69) is 40.5 Å². The van der Waals surface area contributed by atoms with Crippen molar-refractivity contribution in [3.63, 3.8) is 0 Å². The number of nitrogens with two attached hydrogens (primary N) is 1. The minimum absolute atomic E-state index is 0.0439. The number of nitrogens with zero attached hydrogens (tertiary/aromatic N) is 2. The van der Waals surface area contributed by atoms with Crippen LogP contribution in [-0.4, -0.2) is 34.9 Å². The number of nitrogens with one attached hydrogen (secondary N) is 1. The summed E-state index contributed by atoms with van der Waals surface area (Å²) >= 11 is 0. The quantitative estimate of drug-likeness (QED) is 0.598. The number of hydrogen-bond acceptors (Lipinski definition) is 4. The van der Waals surface area contributed by atoms with E-state index < -0.39 is 0 Å². The maximum absolute atomic E-state index is 13.0. The van der Waals surface area contributed by atoms with Crippen molar-refractivity contribution in [1.82, 2.24) is 15.2 Å². The van der Waals surface area contributed by atoms with Crippen molar-refractivity contribution in [3.05, 3.63) is 77.5 Å². The summed E-state index contributed by atoms with van der Waals surface area (Å²) in [5, 5.41) is 4.35. The molecule has 0 bridgehead atoms. The van der Waals surface area contributed by atoms with Crippen molar-refractivity contribution in [2.45, 2.75) is 63.1 Å². The number of benzene rings is 2. The average molecular weight is 443 g/mol. The van der Waals surface area contributed by atoms with Crippen LogP contribution in [0.3, 0.4) is 0 Å². The van der Waals surface area contributed by atoms with Gasteiger partial charge in [0.05, 0.1) is 5.52 Å². The fraction of sp³-hybridized carbons (Fsp3) is 0.429. The lowest BCUT2D eigenvalue weighted by atomic mass is 9.82. The zero-order chi connectivity index (χ0) is 22.7. The molecule has 2 aliphatic rings. The third-order valence-corrected chi connectivity index (χ3v) is 7.47. The molecule has 5 rings (SSSR count). The van der Waals surface area contributed by atoms with Gasteiger partial charge in [-0.1, -0.05) is 67.8 Å². The molecule has 33 heavy (non-hydrogen) atoms. The Hall–Kier alpha value is -2.76. The van der Waals surface area contributed by atoms with Gasteiger partial charge in [-0.2, -0.15) is 0 Å². The van der Waals surface area contributed by atoms with E-state index >= 15 is 0 Å². The highest BCUT2D eigenvalue weighted by Crippen LogP contribution is 2.31. The summed E-state index contributed by atoms with van der Waals surface area (Å²) in [5.41, 5.74) is 10.3. The van der Waals surface area contributed by atoms with E-state index in [1.54, 1.807) is 0 Å². The summed E-state index contributed by atoms with van der Waals surface area (Å²) in [7, 11) is 0. The van der Waals surface area contributed by atoms with E-state index in [-0.39, 0.29) is 17.5 Å². The second-order valence-electron chi connectivity index (χ2n) is 9.79. The van der Waals surface area contributed by atoms with E-state index in [1.807, 2.05) is 30.3 Å². The Balaban J connectivity index is 1.33. The van der Waals surface area contributed by atoms with Crippen LogP contribution in [0.1, 0.15) is 66.6 Å². The molecule has 2 fully saturated rings. The maximum Gasteiger partial charge on any atom is 0.270 e. The first-order valence-corrected chi connectivity index (χ1v) is 12.4. The van der Waals surface area contributed by atoms with Crippen molar-refractivity contribution >= 4 is 16.8 Å². The standard InChI is InChI=1S/C28H34N4O/c29-28(22-9-3-1-4-10-22)15-17-32(18-16-28)20-21-19-26(31-25-14-8-7-13-24(21)25)27(33)30-23-11-5-2-6-12-23/h1,3-4,7-10,13-14,19,23H,2,5-6,11-12,15-18,20,29H2,(H,30,33). The van der Waals surface area contributed by atoms with Gasteiger partial charge >= 0.3 is 0 Å². The lowest BCUT2D eigenvalue weighted by molar-refractivity contribution is 0.0922. The SMILES string of the molecule is NC1(c2ccccc2)CCN(Cc2cc(C(=O)NC3CCCCC3)nc3ccccc23)CC1. The van der Waals surface area contributed by atoms with Crippen LogP contribution in [0.4, 0.5) is 0 Å². The van der Waals surface area contributed by atoms with Crippen LogP contribution in [0.2, 0.25) is 0 Å². The maximum atomic E-state index is 13.0. The van der Waals surface area contributed by atoms with Crippen LogP contribution < -0.4 is 11.1 Å². The summed E-state index contributed by atoms with van der Waals surface area (Å²) in [5.74, 6) is -0.0439. The first-order chi connectivity index (χ1) is 16.1. The van der Waals surface area contributed by atoms with Gasteiger partial charge in [-0.3, -0.25) is 9.69 Å². The van der Waals surface area contributed by atoms with Crippen molar-refractivity contribution < 1.29 is 4.79 Å². The van der Waals surface area contributed by atoms with Gasteiger partial charge in [-0.25, -0.2) is 4.98 Å². The van der Waals surface area contributed by atoms with E-state index in [4.69, 9.17) is 10.7 Å². The third kappa shape index (κ3) is 4.94. The molecule has 1 aliphatic heterocycles. The van der Waals surface area contributed by atoms with Crippen molar-refractivity contribution in [3.8, 4) is 0 Å². The molecule has 5 heteroatoms. The van der Waals surface area contributed by atoms with Gasteiger partial charge < -0.3 is 11.1 Å². The number of likely N-dealkylation sites (tertiary alicyclic amines) is 1. The second kappa shape index (κ2) is 9.62. The monoisotopic (exact) mass is 442 g/mol. The highest BCUT2D eigenvalue weighted by atomic mass is 16.1. The number of hydrogen-bond donors (Lipinski definition) is 2. The smallest absolute Gasteiger partial charge is 0.270 e. The number of rotatable bonds is 5. The molecule has 1 aliphatic carbocycles. The van der Waals surface area contributed by atoms with Crippen LogP contribution in [0, 0.1) is 0 Å². The number of carbonyl (C=O) groups is 1. The Labute approximate surface area is 196 Å². The van der Waals surface area contributed by atoms with Crippen molar-refractivity contribution in [1.29, 1.82) is 0 Å². The highest BCUT2D eigenvalue weighted by molar-refractivity contribution is 5.96. The van der Waals surface area contributed by atoms with Crippen LogP contribution in [0.5, 0.6) is 0 Å². The molecule has 2 heterocycles. The van der Waals surface area contributed by atoms with Gasteiger partial charge in [0.15, 0.2) is 0 Å². The number of fused-ring (bicyclic) bond motifs is 1. The molecule has 3 aromatic rings. The lowest BCUT2D eigenvalue weighted by Gasteiger charge is -2.39. The largest absolute Gasteiger partial charge is 0.348 e. The molecule has 1 saturated carbocycles. The van der Waals surface area contributed by atoms with Gasteiger partial charge in [0.25, 0.3) is 5.91 Å². The number of para-hydroxylation sites is 1. The Morgan fingerprint density at radius 3 is 2.45 bits per heavy atom. The number of amides is 1. The number of piperidine rings is 1. The lowest BCUT2D eigenvalue weighted by Crippen LogP contribution is -2.47. The Morgan fingerprint density at radius 2 is 1.70 bits per heavy atom. The molecule has 5 nitrogen and oxygen atoms in total. The minimum Gasteiger partial charge on any atom is -0.348 e. The van der Waals surface area contributed by atoms with E-state index in [9.17, 15) is 4.79 Å². The van der Waals surface area contributed by atoms with E-state index in [0.29, 0.717) is 5.69 Å². The van der Waals surface area contributed by atoms with E-state index in [1.165, 1.54) is 30.4 Å². The zero-order valence-electron chi connectivity index (χ0n) is 19.3. The molecule has 0 radical (unpaired) electrons. The Morgan fingerprint density at radius 1 is 1.00 bits per heavy atom. The molecule has 3 N–H and O–H groups in total. The van der Waals surface area contributed by atoms with Gasteiger partial charge in [0, 0.05) is 36.6 Å². The number of aromatic nitrogens is 1. The minimum atomic E-state index is -0.261. The molecule has 0 spiro atoms. The van der Waals surface area contributed by atoms with Crippen LogP contribution in [0.25, 0.3) is 10.9 Å². The van der Waals surface area contributed by atoms with Crippen LogP contribution in [0.15, 0.2) is 60.7 Å². The molecule has 0 atom stereocenters. The Bertz CT molecular complexity index is 1100. The highest BCUT2D eigenvalue weighted by Gasteiger charge is 2.32. The van der Waals surface area contributed by atoms with Gasteiger partial charge in [-0.15, -0.1) is 0 Å². The predicted octanol–water partition coefficient (Wildman–Crippen LogP) is 4.75. The number of carbonyl (C=O) groups excluding carboxylic acids is 1. The summed E-state index contributed by atoms with van der Waals surface area (Å²) in [6.45, 7) is 2.68. The van der Waals surface area contributed by atoms with Crippen molar-refractivity contribution in [2.75, 3.05) is 13.1 Å². The van der Waals surface area contributed by atoms with Crippen LogP contribution in [-0.2, 0) is 12.1 Å².